The molecule has 1 aliphatic rings. The van der Waals surface area contributed by atoms with E-state index >= 15 is 0 Å². The summed E-state index contributed by atoms with van der Waals surface area (Å²) < 4.78 is 7.82. The van der Waals surface area contributed by atoms with Crippen LogP contribution in [0.2, 0.25) is 0 Å². The van der Waals surface area contributed by atoms with Gasteiger partial charge in [0.1, 0.15) is 0 Å². The zero-order valence-corrected chi connectivity index (χ0v) is 12.2. The molecule has 0 unspecified atom stereocenters. The minimum Gasteiger partial charge on any atom is -0.380 e. The van der Waals surface area contributed by atoms with Crippen LogP contribution in [0.1, 0.15) is 25.8 Å². The van der Waals surface area contributed by atoms with Crippen LogP contribution >= 0.6 is 0 Å². The fourth-order valence-corrected chi connectivity index (χ4v) is 3.07. The molecule has 1 aromatic carbocycles. The second kappa shape index (κ2) is 6.37. The smallest absolute Gasteiger partial charge is 0.0961 e. The van der Waals surface area contributed by atoms with Gasteiger partial charge in [-0.3, -0.25) is 4.90 Å². The van der Waals surface area contributed by atoms with Crippen LogP contribution in [0.15, 0.2) is 30.6 Å². The van der Waals surface area contributed by atoms with Gasteiger partial charge < -0.3 is 9.30 Å². The van der Waals surface area contributed by atoms with Crippen molar-refractivity contribution < 1.29 is 4.74 Å². The van der Waals surface area contributed by atoms with Crippen LogP contribution in [-0.2, 0) is 4.74 Å². The van der Waals surface area contributed by atoms with Crippen molar-refractivity contribution in [1.29, 1.82) is 0 Å². The van der Waals surface area contributed by atoms with Crippen molar-refractivity contribution in [3.63, 3.8) is 0 Å². The van der Waals surface area contributed by atoms with Crippen molar-refractivity contribution >= 4 is 11.0 Å². The quantitative estimate of drug-likeness (QED) is 0.785. The molecule has 0 N–H and O–H groups in total. The lowest BCUT2D eigenvalue weighted by molar-refractivity contribution is 0.0938. The molecule has 2 heterocycles. The Labute approximate surface area is 120 Å². The number of nitrogens with zero attached hydrogens (tertiary/aromatic N) is 3. The predicted octanol–water partition coefficient (Wildman–Crippen LogP) is 2.71. The average Bonchev–Trinajstić information content (AvgIpc) is 2.92. The minimum absolute atomic E-state index is 0.540. The topological polar surface area (TPSA) is 30.3 Å². The molecular formula is C16H23N3O. The SMILES string of the molecule is CCOCCN1CCC[C@H](n2cnc3ccccc32)C1. The number of rotatable bonds is 5. The number of para-hydroxylation sites is 2. The van der Waals surface area contributed by atoms with E-state index in [0.29, 0.717) is 6.04 Å². The lowest BCUT2D eigenvalue weighted by Crippen LogP contribution is -2.38. The number of benzene rings is 1. The second-order valence-electron chi connectivity index (χ2n) is 5.43. The maximum Gasteiger partial charge on any atom is 0.0961 e. The Hall–Kier alpha value is -1.39. The fraction of sp³-hybridized carbons (Fsp3) is 0.562. The van der Waals surface area contributed by atoms with E-state index in [2.05, 4.69) is 45.6 Å². The Morgan fingerprint density at radius 2 is 2.25 bits per heavy atom. The molecule has 0 bridgehead atoms. The molecule has 4 nitrogen and oxygen atoms in total. The van der Waals surface area contributed by atoms with Gasteiger partial charge in [0, 0.05) is 25.7 Å². The van der Waals surface area contributed by atoms with Crippen LogP contribution in [0.25, 0.3) is 11.0 Å². The van der Waals surface area contributed by atoms with Crippen molar-refractivity contribution in [3.05, 3.63) is 30.6 Å². The average molecular weight is 273 g/mol. The molecule has 4 heteroatoms. The molecule has 1 aromatic heterocycles. The summed E-state index contributed by atoms with van der Waals surface area (Å²) in [6.45, 7) is 7.04. The van der Waals surface area contributed by atoms with E-state index in [1.807, 2.05) is 6.33 Å². The number of ether oxygens (including phenoxy) is 1. The van der Waals surface area contributed by atoms with Gasteiger partial charge >= 0.3 is 0 Å². The van der Waals surface area contributed by atoms with Crippen molar-refractivity contribution in [2.24, 2.45) is 0 Å². The first-order valence-corrected chi connectivity index (χ1v) is 7.60. The summed E-state index contributed by atoms with van der Waals surface area (Å²) in [6, 6.07) is 8.94. The van der Waals surface area contributed by atoms with Gasteiger partial charge in [-0.25, -0.2) is 4.98 Å². The second-order valence-corrected chi connectivity index (χ2v) is 5.43. The molecule has 2 aromatic rings. The van der Waals surface area contributed by atoms with E-state index in [4.69, 9.17) is 4.74 Å². The van der Waals surface area contributed by atoms with Crippen LogP contribution in [0, 0.1) is 0 Å². The predicted molar refractivity (Wildman–Crippen MR) is 80.9 cm³/mol. The fourth-order valence-electron chi connectivity index (χ4n) is 3.07. The minimum atomic E-state index is 0.540. The Morgan fingerprint density at radius 1 is 1.35 bits per heavy atom. The van der Waals surface area contributed by atoms with Crippen molar-refractivity contribution in [3.8, 4) is 0 Å². The van der Waals surface area contributed by atoms with Gasteiger partial charge in [0.2, 0.25) is 0 Å². The highest BCUT2D eigenvalue weighted by Crippen LogP contribution is 2.25. The largest absolute Gasteiger partial charge is 0.380 e. The molecule has 1 aliphatic heterocycles. The van der Waals surface area contributed by atoms with Gasteiger partial charge in [-0.1, -0.05) is 12.1 Å². The summed E-state index contributed by atoms with van der Waals surface area (Å²) in [4.78, 5) is 7.03. The molecule has 0 amide bonds. The van der Waals surface area contributed by atoms with Gasteiger partial charge in [-0.05, 0) is 38.4 Å². The summed E-state index contributed by atoms with van der Waals surface area (Å²) in [7, 11) is 0. The molecule has 0 spiro atoms. The molecule has 1 atom stereocenters. The van der Waals surface area contributed by atoms with Gasteiger partial charge in [-0.15, -0.1) is 0 Å². The molecule has 1 saturated heterocycles. The van der Waals surface area contributed by atoms with E-state index in [-0.39, 0.29) is 0 Å². The summed E-state index contributed by atoms with van der Waals surface area (Å²) in [6.07, 6.45) is 4.50. The third-order valence-electron chi connectivity index (χ3n) is 4.11. The first-order valence-electron chi connectivity index (χ1n) is 7.60. The number of imidazole rings is 1. The number of likely N-dealkylation sites (tertiary alicyclic amines) is 1. The van der Waals surface area contributed by atoms with E-state index < -0.39 is 0 Å². The molecule has 20 heavy (non-hydrogen) atoms. The van der Waals surface area contributed by atoms with Crippen molar-refractivity contribution in [1.82, 2.24) is 14.5 Å². The lowest BCUT2D eigenvalue weighted by Gasteiger charge is -2.33. The zero-order valence-electron chi connectivity index (χ0n) is 12.2. The molecule has 108 valence electrons. The maximum absolute atomic E-state index is 5.47. The summed E-state index contributed by atoms with van der Waals surface area (Å²) in [5.74, 6) is 0. The van der Waals surface area contributed by atoms with Gasteiger partial charge in [0.05, 0.1) is 24.0 Å². The normalized spacial score (nSPS) is 20.6. The number of hydrogen-bond donors (Lipinski definition) is 0. The van der Waals surface area contributed by atoms with Gasteiger partial charge in [0.15, 0.2) is 0 Å². The molecule has 3 rings (SSSR count). The summed E-state index contributed by atoms with van der Waals surface area (Å²) in [5.41, 5.74) is 2.35. The zero-order chi connectivity index (χ0) is 13.8. The lowest BCUT2D eigenvalue weighted by atomic mass is 10.1. The van der Waals surface area contributed by atoms with Gasteiger partial charge in [-0.2, -0.15) is 0 Å². The highest BCUT2D eigenvalue weighted by atomic mass is 16.5. The van der Waals surface area contributed by atoms with Crippen LogP contribution in [0.3, 0.4) is 0 Å². The van der Waals surface area contributed by atoms with Crippen LogP contribution in [-0.4, -0.2) is 47.3 Å². The first-order chi connectivity index (χ1) is 9.88. The van der Waals surface area contributed by atoms with E-state index in [1.165, 1.54) is 24.9 Å². The Morgan fingerprint density at radius 3 is 3.15 bits per heavy atom. The number of fused-ring (bicyclic) bond motifs is 1. The highest BCUT2D eigenvalue weighted by Gasteiger charge is 2.22. The van der Waals surface area contributed by atoms with E-state index in [1.54, 1.807) is 0 Å². The monoisotopic (exact) mass is 273 g/mol. The summed E-state index contributed by atoms with van der Waals surface area (Å²) >= 11 is 0. The third kappa shape index (κ3) is 2.86. The van der Waals surface area contributed by atoms with Crippen LogP contribution in [0.5, 0.6) is 0 Å². The van der Waals surface area contributed by atoms with Crippen LogP contribution in [0.4, 0.5) is 0 Å². The number of piperidine rings is 1. The molecule has 0 radical (unpaired) electrons. The maximum atomic E-state index is 5.47. The van der Waals surface area contributed by atoms with E-state index in [0.717, 1.165) is 31.8 Å². The molecule has 0 aliphatic carbocycles. The standard InChI is InChI=1S/C16H23N3O/c1-2-20-11-10-18-9-5-6-14(12-18)19-13-17-15-7-3-4-8-16(15)19/h3-4,7-8,13-14H,2,5-6,9-12H2,1H3/t14-/m0/s1. The van der Waals surface area contributed by atoms with Crippen LogP contribution < -0.4 is 0 Å². The molecular weight excluding hydrogens is 250 g/mol. The number of hydrogen-bond acceptors (Lipinski definition) is 3. The van der Waals surface area contributed by atoms with Gasteiger partial charge in [0.25, 0.3) is 0 Å². The van der Waals surface area contributed by atoms with Crippen molar-refractivity contribution in [2.75, 3.05) is 32.8 Å². The first kappa shape index (κ1) is 13.6. The Balaban J connectivity index is 1.70. The number of aromatic nitrogens is 2. The van der Waals surface area contributed by atoms with E-state index in [9.17, 15) is 0 Å². The third-order valence-corrected chi connectivity index (χ3v) is 4.11. The summed E-state index contributed by atoms with van der Waals surface area (Å²) in [5, 5.41) is 0. The Bertz CT molecular complexity index is 551. The van der Waals surface area contributed by atoms with Crippen molar-refractivity contribution in [2.45, 2.75) is 25.8 Å². The molecule has 1 fully saturated rings. The molecule has 0 saturated carbocycles. The highest BCUT2D eigenvalue weighted by molar-refractivity contribution is 5.75. The Kier molecular flexibility index (Phi) is 4.33.